The molecule has 63 heavy (non-hydrogen) atoms. The second-order valence-corrected chi connectivity index (χ2v) is 17.8. The van der Waals surface area contributed by atoms with Gasteiger partial charge in [0, 0.05) is 37.1 Å². The van der Waals surface area contributed by atoms with Crippen molar-refractivity contribution in [3.8, 4) is 11.5 Å². The first kappa shape index (κ1) is 50.6. The Kier molecular flexibility index (Phi) is 24.2. The molecule has 3 aromatic carbocycles. The van der Waals surface area contributed by atoms with E-state index < -0.39 is 10.1 Å². The predicted molar refractivity (Wildman–Crippen MR) is 259 cm³/mol. The van der Waals surface area contributed by atoms with Crippen molar-refractivity contribution < 1.29 is 31.6 Å². The lowest BCUT2D eigenvalue weighted by Gasteiger charge is -2.06. The summed E-state index contributed by atoms with van der Waals surface area (Å²) in [5, 5.41) is 0. The van der Waals surface area contributed by atoms with Crippen molar-refractivity contribution in [3.05, 3.63) is 150 Å². The molecule has 0 saturated carbocycles. The number of nitrogens with zero attached hydrogens (tertiary/aromatic N) is 2. The first-order valence-electron chi connectivity index (χ1n) is 23.5. The average Bonchev–Trinajstić information content (AvgIpc) is 3.30. The normalized spacial score (nSPS) is 11.5. The SMILES string of the molecule is CCCCCCCOc1ccc(/C=C/c2cc[n+](CCCCCCCC[n+]3ccc(/C=C/c4ccc(OCCCCCCC)cc4)cc3)cc2)cc1.Cc1ccc(S(=O)(=O)[O-])cc1. The highest BCUT2D eigenvalue weighted by Crippen LogP contribution is 2.17. The molecule has 0 N–H and O–H groups in total. The van der Waals surface area contributed by atoms with Crippen LogP contribution in [0.5, 0.6) is 11.5 Å². The molecule has 0 bridgehead atoms. The van der Waals surface area contributed by atoms with E-state index in [0.29, 0.717) is 0 Å². The molecule has 2 heterocycles. The van der Waals surface area contributed by atoms with E-state index >= 15 is 0 Å². The number of unbranched alkanes of at least 4 members (excludes halogenated alkanes) is 13. The third-order valence-electron chi connectivity index (χ3n) is 11.0. The standard InChI is InChI=1S/C48H66N2O2.C7H8O3S/c1-3-5-7-13-17-41-51-47-27-23-43(24-28-47)19-21-45-31-37-49(38-32-45)35-15-11-9-10-12-16-36-50-39-33-46(34-40-50)22-20-44-25-29-48(30-26-44)52-42-18-14-8-6-4-2;1-6-2-4-7(5-3-6)11(8,9)10/h19-34,37-40H,3-18,35-36,41-42H2,1-2H3;2-5H,1H3,(H,8,9,10)/q+2;/p-1/b21-19+,22-20+;. The van der Waals surface area contributed by atoms with Crippen LogP contribution in [0.3, 0.4) is 0 Å². The summed E-state index contributed by atoms with van der Waals surface area (Å²) in [6.07, 6.45) is 37.8. The maximum atomic E-state index is 10.4. The smallest absolute Gasteiger partial charge is 0.169 e. The number of aryl methyl sites for hydroxylation is 3. The maximum absolute atomic E-state index is 10.4. The molecule has 0 amide bonds. The third kappa shape index (κ3) is 22.2. The summed E-state index contributed by atoms with van der Waals surface area (Å²) in [5.41, 5.74) is 5.77. The van der Waals surface area contributed by atoms with Gasteiger partial charge in [0.15, 0.2) is 24.8 Å². The predicted octanol–water partition coefficient (Wildman–Crippen LogP) is 13.2. The van der Waals surface area contributed by atoms with Gasteiger partial charge in [-0.1, -0.05) is 144 Å². The number of hydrogen-bond acceptors (Lipinski definition) is 5. The molecule has 5 rings (SSSR count). The first-order valence-corrected chi connectivity index (χ1v) is 25.0. The van der Waals surface area contributed by atoms with Gasteiger partial charge in [-0.2, -0.15) is 0 Å². The van der Waals surface area contributed by atoms with E-state index in [1.807, 2.05) is 6.92 Å². The fraction of sp³-hybridized carbons (Fsp3) is 0.418. The van der Waals surface area contributed by atoms with Crippen LogP contribution in [0.4, 0.5) is 0 Å². The van der Waals surface area contributed by atoms with E-state index in [2.05, 4.69) is 145 Å². The van der Waals surface area contributed by atoms with Crippen LogP contribution >= 0.6 is 0 Å². The van der Waals surface area contributed by atoms with Crippen LogP contribution in [0, 0.1) is 6.92 Å². The molecular weight excluding hydrogens is 801 g/mol. The number of benzene rings is 3. The molecular formula is C55H73N2O5S+. The van der Waals surface area contributed by atoms with Crippen LogP contribution in [0.1, 0.15) is 144 Å². The van der Waals surface area contributed by atoms with Gasteiger partial charge in [-0.15, -0.1) is 0 Å². The van der Waals surface area contributed by atoms with Crippen molar-refractivity contribution in [1.82, 2.24) is 0 Å². The molecule has 0 unspecified atom stereocenters. The van der Waals surface area contributed by atoms with Gasteiger partial charge >= 0.3 is 0 Å². The summed E-state index contributed by atoms with van der Waals surface area (Å²) >= 11 is 0. The molecule has 8 heteroatoms. The largest absolute Gasteiger partial charge is 0.744 e. The molecule has 0 aliphatic heterocycles. The van der Waals surface area contributed by atoms with E-state index in [9.17, 15) is 13.0 Å². The Morgan fingerprint density at radius 2 is 0.778 bits per heavy atom. The van der Waals surface area contributed by atoms with Crippen molar-refractivity contribution in [1.29, 1.82) is 0 Å². The average molecular weight is 874 g/mol. The third-order valence-corrected chi connectivity index (χ3v) is 11.8. The summed E-state index contributed by atoms with van der Waals surface area (Å²) in [5.74, 6) is 1.93. The quantitative estimate of drug-likeness (QED) is 0.0284. The maximum Gasteiger partial charge on any atom is 0.169 e. The van der Waals surface area contributed by atoms with Crippen LogP contribution in [-0.2, 0) is 23.2 Å². The van der Waals surface area contributed by atoms with Crippen molar-refractivity contribution in [2.75, 3.05) is 13.2 Å². The number of ether oxygens (including phenoxy) is 2. The van der Waals surface area contributed by atoms with E-state index in [1.54, 1.807) is 12.1 Å². The summed E-state index contributed by atoms with van der Waals surface area (Å²) < 4.78 is 47.6. The minimum atomic E-state index is -4.27. The minimum Gasteiger partial charge on any atom is -0.744 e. The van der Waals surface area contributed by atoms with Crippen molar-refractivity contribution in [2.24, 2.45) is 0 Å². The molecule has 0 atom stereocenters. The summed E-state index contributed by atoms with van der Waals surface area (Å²) in [7, 11) is -4.27. The molecule has 0 spiro atoms. The van der Waals surface area contributed by atoms with Gasteiger partial charge < -0.3 is 14.0 Å². The Bertz CT molecular complexity index is 1990. The van der Waals surface area contributed by atoms with E-state index in [4.69, 9.17) is 9.47 Å². The van der Waals surface area contributed by atoms with Crippen molar-refractivity contribution in [2.45, 2.75) is 141 Å². The van der Waals surface area contributed by atoms with Crippen LogP contribution in [-0.4, -0.2) is 26.2 Å². The van der Waals surface area contributed by atoms with Crippen molar-refractivity contribution in [3.63, 3.8) is 0 Å². The molecule has 338 valence electrons. The lowest BCUT2D eigenvalue weighted by atomic mass is 10.1. The Labute approximate surface area is 380 Å². The zero-order valence-corrected chi connectivity index (χ0v) is 39.2. The Morgan fingerprint density at radius 1 is 0.444 bits per heavy atom. The molecule has 5 aromatic rings. The number of rotatable bonds is 28. The molecule has 0 fully saturated rings. The monoisotopic (exact) mass is 874 g/mol. The zero-order chi connectivity index (χ0) is 44.8. The lowest BCUT2D eigenvalue weighted by Crippen LogP contribution is -2.32. The highest BCUT2D eigenvalue weighted by molar-refractivity contribution is 7.85. The minimum absolute atomic E-state index is 0.178. The van der Waals surface area contributed by atoms with E-state index in [1.165, 1.54) is 124 Å². The Hall–Kier alpha value is -5.05. The fourth-order valence-corrected chi connectivity index (χ4v) is 7.45. The van der Waals surface area contributed by atoms with Crippen LogP contribution in [0.25, 0.3) is 24.3 Å². The highest BCUT2D eigenvalue weighted by atomic mass is 32.2. The second kappa shape index (κ2) is 30.1. The molecule has 0 aliphatic carbocycles. The van der Waals surface area contributed by atoms with Crippen molar-refractivity contribution >= 4 is 34.4 Å². The topological polar surface area (TPSA) is 83.4 Å². The van der Waals surface area contributed by atoms with Gasteiger partial charge in [0.25, 0.3) is 0 Å². The highest BCUT2D eigenvalue weighted by Gasteiger charge is 2.04. The van der Waals surface area contributed by atoms with Crippen LogP contribution < -0.4 is 18.6 Å². The Balaban J connectivity index is 0.000000688. The number of aromatic nitrogens is 2. The molecule has 0 saturated heterocycles. The van der Waals surface area contributed by atoms with Gasteiger partial charge in [-0.3, -0.25) is 0 Å². The molecule has 7 nitrogen and oxygen atoms in total. The van der Waals surface area contributed by atoms with Gasteiger partial charge in [-0.05, 0) is 91.3 Å². The first-order chi connectivity index (χ1) is 30.7. The summed E-state index contributed by atoms with van der Waals surface area (Å²) in [4.78, 5) is -0.178. The van der Waals surface area contributed by atoms with Crippen LogP contribution in [0.15, 0.2) is 127 Å². The lowest BCUT2D eigenvalue weighted by molar-refractivity contribution is -0.697. The number of hydrogen-bond donors (Lipinski definition) is 0. The number of pyridine rings is 2. The van der Waals surface area contributed by atoms with Gasteiger partial charge in [0.05, 0.1) is 18.1 Å². The summed E-state index contributed by atoms with van der Waals surface area (Å²) in [6.45, 7) is 10.1. The second-order valence-electron chi connectivity index (χ2n) is 16.5. The fourth-order valence-electron chi connectivity index (χ4n) is 6.99. The van der Waals surface area contributed by atoms with Gasteiger partial charge in [0.1, 0.15) is 34.7 Å². The van der Waals surface area contributed by atoms with E-state index in [0.717, 1.165) is 56.2 Å². The Morgan fingerprint density at radius 3 is 1.14 bits per heavy atom. The van der Waals surface area contributed by atoms with Gasteiger partial charge in [0.2, 0.25) is 0 Å². The van der Waals surface area contributed by atoms with Gasteiger partial charge in [-0.25, -0.2) is 17.6 Å². The molecule has 0 aliphatic rings. The molecule has 2 aromatic heterocycles. The summed E-state index contributed by atoms with van der Waals surface area (Å²) in [6, 6.07) is 31.5. The zero-order valence-electron chi connectivity index (χ0n) is 38.3. The van der Waals surface area contributed by atoms with E-state index in [-0.39, 0.29) is 4.90 Å². The van der Waals surface area contributed by atoms with Crippen LogP contribution in [0.2, 0.25) is 0 Å². The molecule has 0 radical (unpaired) electrons.